The molecule has 5 rings (SSSR count). The van der Waals surface area contributed by atoms with Crippen LogP contribution >= 0.6 is 11.3 Å². The molecule has 0 spiro atoms. The van der Waals surface area contributed by atoms with Crippen LogP contribution in [0.2, 0.25) is 0 Å². The van der Waals surface area contributed by atoms with Crippen molar-refractivity contribution in [1.82, 2.24) is 26.2 Å². The van der Waals surface area contributed by atoms with E-state index in [1.54, 1.807) is 17.0 Å². The molecule has 3 saturated carbocycles. The number of hydrogen-bond donors (Lipinski definition) is 4. The predicted molar refractivity (Wildman–Crippen MR) is 201 cm³/mol. The van der Waals surface area contributed by atoms with E-state index in [9.17, 15) is 28.8 Å². The molecule has 0 bridgehead atoms. The van der Waals surface area contributed by atoms with Gasteiger partial charge in [0.2, 0.25) is 23.5 Å². The Morgan fingerprint density at radius 1 is 0.962 bits per heavy atom. The molecule has 5 atom stereocenters. The number of thiophene rings is 1. The molecule has 1 aromatic rings. The fourth-order valence-corrected chi connectivity index (χ4v) is 9.16. The van der Waals surface area contributed by atoms with E-state index in [-0.39, 0.29) is 48.6 Å². The second-order valence-corrected chi connectivity index (χ2v) is 16.8. The number of likely N-dealkylation sites (tertiary alicyclic amines) is 1. The quantitative estimate of drug-likeness (QED) is 0.141. The largest absolute Gasteiger partial charge is 0.346 e. The molecule has 52 heavy (non-hydrogen) atoms. The van der Waals surface area contributed by atoms with Gasteiger partial charge in [0, 0.05) is 19.0 Å². The number of Topliss-reactive ketones (excluding diaryl/α,β-unsaturated/α-hetero) is 1. The molecule has 0 radical (unpaired) electrons. The lowest BCUT2D eigenvalue weighted by molar-refractivity contribution is -0.147. The van der Waals surface area contributed by atoms with Crippen molar-refractivity contribution in [2.24, 2.45) is 23.2 Å². The molecule has 0 aromatic carbocycles. The van der Waals surface area contributed by atoms with Gasteiger partial charge in [-0.1, -0.05) is 82.6 Å². The molecular formula is C40H57N5O6S. The molecule has 5 amide bonds. The number of nitrogens with zero attached hydrogens (tertiary/aromatic N) is 1. The number of ketones is 1. The molecule has 3 aliphatic carbocycles. The van der Waals surface area contributed by atoms with E-state index in [1.807, 2.05) is 19.2 Å². The number of amides is 5. The molecule has 1 aromatic heterocycles. The van der Waals surface area contributed by atoms with Crippen LogP contribution in [0.3, 0.4) is 0 Å². The van der Waals surface area contributed by atoms with E-state index in [2.05, 4.69) is 34.4 Å². The van der Waals surface area contributed by atoms with Crippen LogP contribution in [0.15, 0.2) is 42.3 Å². The summed E-state index contributed by atoms with van der Waals surface area (Å²) in [4.78, 5) is 85.1. The number of rotatable bonds is 16. The van der Waals surface area contributed by atoms with E-state index in [0.717, 1.165) is 82.6 Å². The minimum absolute atomic E-state index is 0.0599. The van der Waals surface area contributed by atoms with Crippen molar-refractivity contribution >= 4 is 46.7 Å². The number of carbonyl (C=O) groups excluding carboxylic acids is 6. The van der Waals surface area contributed by atoms with Crippen LogP contribution < -0.4 is 21.3 Å². The van der Waals surface area contributed by atoms with E-state index in [0.29, 0.717) is 17.7 Å². The Balaban J connectivity index is 1.42. The van der Waals surface area contributed by atoms with E-state index >= 15 is 0 Å². The standard InChI is InChI=1S/C40H57N5O6S/c1-5-21-41-38(50)33(46)29(24-26-16-17-26)42-37(49)32-28(25(2)3)18-22-45(32)39(51)34(40(4)19-10-7-11-20-40)44-36(48)31(27-13-8-6-9-14-27)43-35(47)30-15-12-23-52-30/h5,12,15,23,26-29,31-32,34H,1-2,6-11,13-14,16-22,24H2,3-4H3,(H,41,50)(H,42,49)(H,43,47)(H,44,48)/t28-,29?,31+,32+,34-/m1/s1. The zero-order chi connectivity index (χ0) is 37.4. The van der Waals surface area contributed by atoms with Gasteiger partial charge < -0.3 is 26.2 Å². The number of carbonyl (C=O) groups is 6. The Hall–Kier alpha value is -3.80. The lowest BCUT2D eigenvalue weighted by Gasteiger charge is -2.43. The lowest BCUT2D eigenvalue weighted by atomic mass is 9.69. The highest BCUT2D eigenvalue weighted by atomic mass is 32.1. The SMILES string of the molecule is C=CCNC(=O)C(=O)C(CC1CC1)NC(=O)[C@@H]1[C@@H](C(=C)C)CCN1C(=O)[C@@H](NC(=O)[C@@H](NC(=O)c1cccs1)C1CCCCC1)C1(C)CCCCC1. The average Bonchev–Trinajstić information content (AvgIpc) is 3.57. The molecule has 4 fully saturated rings. The summed E-state index contributed by atoms with van der Waals surface area (Å²) in [5.41, 5.74) is 0.165. The summed E-state index contributed by atoms with van der Waals surface area (Å²) in [5, 5.41) is 13.4. The Morgan fingerprint density at radius 3 is 2.27 bits per heavy atom. The molecule has 4 N–H and O–H groups in total. The maximum absolute atomic E-state index is 15.0. The Bertz CT molecular complexity index is 1490. The summed E-state index contributed by atoms with van der Waals surface area (Å²) in [6, 6.07) is -0.190. The first-order chi connectivity index (χ1) is 24.9. The Morgan fingerprint density at radius 2 is 1.65 bits per heavy atom. The maximum Gasteiger partial charge on any atom is 0.289 e. The van der Waals surface area contributed by atoms with Gasteiger partial charge in [0.05, 0.1) is 10.9 Å². The molecular weight excluding hydrogens is 679 g/mol. The predicted octanol–water partition coefficient (Wildman–Crippen LogP) is 4.83. The van der Waals surface area contributed by atoms with Crippen molar-refractivity contribution in [3.05, 3.63) is 47.2 Å². The fourth-order valence-electron chi connectivity index (χ4n) is 8.53. The van der Waals surface area contributed by atoms with Crippen LogP contribution in [0.1, 0.15) is 113 Å². The smallest absolute Gasteiger partial charge is 0.289 e. The third-order valence-corrected chi connectivity index (χ3v) is 12.6. The Labute approximate surface area is 312 Å². The van der Waals surface area contributed by atoms with Crippen molar-refractivity contribution in [1.29, 1.82) is 0 Å². The van der Waals surface area contributed by atoms with Gasteiger partial charge in [-0.3, -0.25) is 28.8 Å². The van der Waals surface area contributed by atoms with Crippen LogP contribution in [0.4, 0.5) is 0 Å². The third-order valence-electron chi connectivity index (χ3n) is 11.8. The first-order valence-corrected chi connectivity index (χ1v) is 20.2. The van der Waals surface area contributed by atoms with Crippen molar-refractivity contribution in [3.63, 3.8) is 0 Å². The second kappa shape index (κ2) is 17.8. The van der Waals surface area contributed by atoms with Crippen molar-refractivity contribution < 1.29 is 28.8 Å². The van der Waals surface area contributed by atoms with Crippen molar-refractivity contribution in [2.75, 3.05) is 13.1 Å². The summed E-state index contributed by atoms with van der Waals surface area (Å²) >= 11 is 1.31. The summed E-state index contributed by atoms with van der Waals surface area (Å²) in [6.07, 6.45) is 13.1. The topological polar surface area (TPSA) is 154 Å². The number of nitrogens with one attached hydrogen (secondary N) is 4. The molecule has 11 nitrogen and oxygen atoms in total. The zero-order valence-corrected chi connectivity index (χ0v) is 31.7. The maximum atomic E-state index is 15.0. The van der Waals surface area contributed by atoms with Gasteiger partial charge in [-0.2, -0.15) is 0 Å². The minimum atomic E-state index is -1.03. The first kappa shape index (κ1) is 39.4. The van der Waals surface area contributed by atoms with Crippen LogP contribution in [-0.2, 0) is 24.0 Å². The van der Waals surface area contributed by atoms with Crippen LogP contribution in [-0.4, -0.2) is 77.5 Å². The zero-order valence-electron chi connectivity index (χ0n) is 30.9. The van der Waals surface area contributed by atoms with Gasteiger partial charge >= 0.3 is 0 Å². The molecule has 2 heterocycles. The van der Waals surface area contributed by atoms with Gasteiger partial charge in [0.1, 0.15) is 18.1 Å². The summed E-state index contributed by atoms with van der Waals surface area (Å²) < 4.78 is 0. The fraction of sp³-hybridized carbons (Fsp3) is 0.650. The third kappa shape index (κ3) is 9.59. The minimum Gasteiger partial charge on any atom is -0.346 e. The first-order valence-electron chi connectivity index (χ1n) is 19.3. The highest BCUT2D eigenvalue weighted by Gasteiger charge is 2.50. The molecule has 1 saturated heterocycles. The highest BCUT2D eigenvalue weighted by molar-refractivity contribution is 7.12. The monoisotopic (exact) mass is 735 g/mol. The summed E-state index contributed by atoms with van der Waals surface area (Å²) in [7, 11) is 0. The van der Waals surface area contributed by atoms with Gasteiger partial charge in [0.25, 0.3) is 11.8 Å². The van der Waals surface area contributed by atoms with Crippen LogP contribution in [0.5, 0.6) is 0 Å². The molecule has 4 aliphatic rings. The molecule has 12 heteroatoms. The molecule has 1 aliphatic heterocycles. The highest BCUT2D eigenvalue weighted by Crippen LogP contribution is 2.41. The van der Waals surface area contributed by atoms with Gasteiger partial charge in [0.15, 0.2) is 0 Å². The van der Waals surface area contributed by atoms with Crippen molar-refractivity contribution in [2.45, 2.75) is 128 Å². The van der Waals surface area contributed by atoms with Crippen LogP contribution in [0.25, 0.3) is 0 Å². The van der Waals surface area contributed by atoms with Gasteiger partial charge in [-0.15, -0.1) is 17.9 Å². The molecule has 284 valence electrons. The van der Waals surface area contributed by atoms with E-state index in [4.69, 9.17) is 0 Å². The number of hydrogen-bond acceptors (Lipinski definition) is 7. The van der Waals surface area contributed by atoms with Gasteiger partial charge in [-0.25, -0.2) is 0 Å². The lowest BCUT2D eigenvalue weighted by Crippen LogP contribution is -2.63. The van der Waals surface area contributed by atoms with Gasteiger partial charge in [-0.05, 0) is 74.1 Å². The Kier molecular flexibility index (Phi) is 13.5. The molecule has 1 unspecified atom stereocenters. The normalized spacial score (nSPS) is 23.4. The van der Waals surface area contributed by atoms with E-state index in [1.165, 1.54) is 17.4 Å². The summed E-state index contributed by atoms with van der Waals surface area (Å²) in [5.74, 6) is -3.22. The van der Waals surface area contributed by atoms with Crippen LogP contribution in [0, 0.1) is 23.2 Å². The van der Waals surface area contributed by atoms with Crippen molar-refractivity contribution in [3.8, 4) is 0 Å². The summed E-state index contributed by atoms with van der Waals surface area (Å²) in [6.45, 7) is 12.0. The van der Waals surface area contributed by atoms with E-state index < -0.39 is 47.2 Å². The average molecular weight is 736 g/mol. The second-order valence-electron chi connectivity index (χ2n) is 15.8.